The van der Waals surface area contributed by atoms with Crippen LogP contribution in [-0.4, -0.2) is 35.2 Å². The molecule has 18 heavy (non-hydrogen) atoms. The topological polar surface area (TPSA) is 58.1 Å². The van der Waals surface area contributed by atoms with Crippen molar-refractivity contribution in [2.75, 3.05) is 18.0 Å². The predicted octanol–water partition coefficient (Wildman–Crippen LogP) is 2.01. The van der Waals surface area contributed by atoms with E-state index >= 15 is 0 Å². The second-order valence-corrected chi connectivity index (χ2v) is 5.80. The fourth-order valence-electron chi connectivity index (χ4n) is 1.44. The van der Waals surface area contributed by atoms with Crippen LogP contribution in [0.4, 0.5) is 5.13 Å². The minimum atomic E-state index is 0.0214. The Bertz CT molecular complexity index is 389. The summed E-state index contributed by atoms with van der Waals surface area (Å²) in [6.07, 6.45) is 0. The molecule has 0 fully saturated rings. The Labute approximate surface area is 113 Å². The molecule has 0 spiro atoms. The van der Waals surface area contributed by atoms with Crippen molar-refractivity contribution in [2.24, 2.45) is 0 Å². The summed E-state index contributed by atoms with van der Waals surface area (Å²) in [6.45, 7) is 11.2. The Balaban J connectivity index is 2.67. The highest BCUT2D eigenvalue weighted by Crippen LogP contribution is 2.25. The summed E-state index contributed by atoms with van der Waals surface area (Å²) in [4.78, 5) is 13.7. The van der Waals surface area contributed by atoms with E-state index in [4.69, 9.17) is 0 Å². The fraction of sp³-hybridized carbons (Fsp3) is 0.750. The molecule has 0 unspecified atom stereocenters. The van der Waals surface area contributed by atoms with Crippen LogP contribution in [0.2, 0.25) is 0 Å². The first kappa shape index (κ1) is 14.9. The number of nitrogens with zero attached hydrogens (tertiary/aromatic N) is 3. The summed E-state index contributed by atoms with van der Waals surface area (Å²) in [5, 5.41) is 13.0. The lowest BCUT2D eigenvalue weighted by molar-refractivity contribution is -0.120. The van der Waals surface area contributed by atoms with Crippen molar-refractivity contribution in [3.8, 4) is 0 Å². The van der Waals surface area contributed by atoms with Crippen LogP contribution < -0.4 is 10.2 Å². The molecule has 6 heteroatoms. The Morgan fingerprint density at radius 1 is 1.33 bits per heavy atom. The van der Waals surface area contributed by atoms with E-state index in [-0.39, 0.29) is 11.9 Å². The molecule has 0 atom stereocenters. The van der Waals surface area contributed by atoms with Crippen molar-refractivity contribution in [2.45, 2.75) is 46.6 Å². The van der Waals surface area contributed by atoms with E-state index in [9.17, 15) is 4.79 Å². The van der Waals surface area contributed by atoms with E-state index in [0.717, 1.165) is 16.7 Å². The number of hydrogen-bond acceptors (Lipinski definition) is 5. The van der Waals surface area contributed by atoms with Gasteiger partial charge in [-0.1, -0.05) is 25.2 Å². The lowest BCUT2D eigenvalue weighted by atomic mass is 10.2. The van der Waals surface area contributed by atoms with Gasteiger partial charge in [0.1, 0.15) is 5.01 Å². The Morgan fingerprint density at radius 3 is 2.44 bits per heavy atom. The van der Waals surface area contributed by atoms with Gasteiger partial charge in [0, 0.05) is 18.5 Å². The number of nitrogens with one attached hydrogen (secondary N) is 1. The molecule has 1 rings (SSSR count). The third kappa shape index (κ3) is 4.25. The molecule has 1 N–H and O–H groups in total. The van der Waals surface area contributed by atoms with Gasteiger partial charge in [0.2, 0.25) is 11.0 Å². The highest BCUT2D eigenvalue weighted by molar-refractivity contribution is 7.15. The second kappa shape index (κ2) is 6.68. The Hall–Kier alpha value is -1.17. The van der Waals surface area contributed by atoms with E-state index in [1.165, 1.54) is 0 Å². The van der Waals surface area contributed by atoms with Gasteiger partial charge < -0.3 is 10.2 Å². The van der Waals surface area contributed by atoms with E-state index in [2.05, 4.69) is 29.4 Å². The van der Waals surface area contributed by atoms with Gasteiger partial charge in [-0.25, -0.2) is 0 Å². The molecule has 0 radical (unpaired) electrons. The minimum Gasteiger partial charge on any atom is -0.352 e. The SMILES string of the molecule is CCN(CC(=O)NC(C)C)c1nnc(C(C)C)s1. The molecule has 102 valence electrons. The fourth-order valence-corrected chi connectivity index (χ4v) is 2.35. The van der Waals surface area contributed by atoms with E-state index in [1.54, 1.807) is 11.3 Å². The maximum absolute atomic E-state index is 11.7. The Morgan fingerprint density at radius 2 is 2.00 bits per heavy atom. The van der Waals surface area contributed by atoms with E-state index in [1.807, 2.05) is 25.7 Å². The quantitative estimate of drug-likeness (QED) is 0.859. The molecule has 0 aliphatic heterocycles. The van der Waals surface area contributed by atoms with Crippen LogP contribution in [0.25, 0.3) is 0 Å². The van der Waals surface area contributed by atoms with Crippen LogP contribution in [0, 0.1) is 0 Å². The molecule has 0 aromatic carbocycles. The molecule has 0 saturated heterocycles. The van der Waals surface area contributed by atoms with Gasteiger partial charge in [-0.2, -0.15) is 0 Å². The average Bonchev–Trinajstić information content (AvgIpc) is 2.74. The molecule has 1 aromatic heterocycles. The van der Waals surface area contributed by atoms with E-state index in [0.29, 0.717) is 12.5 Å². The number of hydrogen-bond donors (Lipinski definition) is 1. The molecular formula is C12H22N4OS. The molecule has 0 saturated carbocycles. The molecule has 0 aliphatic carbocycles. The van der Waals surface area contributed by atoms with E-state index < -0.39 is 0 Å². The van der Waals surface area contributed by atoms with Gasteiger partial charge in [-0.3, -0.25) is 4.79 Å². The molecule has 1 heterocycles. The number of carbonyl (C=O) groups excluding carboxylic acids is 1. The predicted molar refractivity (Wildman–Crippen MR) is 75.2 cm³/mol. The lowest BCUT2D eigenvalue weighted by Gasteiger charge is -2.19. The average molecular weight is 270 g/mol. The molecule has 1 amide bonds. The van der Waals surface area contributed by atoms with Crippen molar-refractivity contribution in [1.29, 1.82) is 0 Å². The maximum atomic E-state index is 11.7. The summed E-state index contributed by atoms with van der Waals surface area (Å²) in [5.74, 6) is 0.396. The van der Waals surface area contributed by atoms with Crippen LogP contribution in [-0.2, 0) is 4.79 Å². The largest absolute Gasteiger partial charge is 0.352 e. The van der Waals surface area contributed by atoms with Crippen molar-refractivity contribution in [1.82, 2.24) is 15.5 Å². The van der Waals surface area contributed by atoms with Gasteiger partial charge in [0.05, 0.1) is 6.54 Å². The van der Waals surface area contributed by atoms with Crippen LogP contribution in [0.3, 0.4) is 0 Å². The van der Waals surface area contributed by atoms with Crippen LogP contribution in [0.15, 0.2) is 0 Å². The second-order valence-electron chi connectivity index (χ2n) is 4.81. The van der Waals surface area contributed by atoms with Gasteiger partial charge in [0.25, 0.3) is 0 Å². The number of likely N-dealkylation sites (N-methyl/N-ethyl adjacent to an activating group) is 1. The van der Waals surface area contributed by atoms with Crippen LogP contribution in [0.1, 0.15) is 45.5 Å². The monoisotopic (exact) mass is 270 g/mol. The maximum Gasteiger partial charge on any atom is 0.239 e. The van der Waals surface area contributed by atoms with Crippen molar-refractivity contribution in [3.05, 3.63) is 5.01 Å². The third-order valence-electron chi connectivity index (χ3n) is 2.36. The summed E-state index contributed by atoms with van der Waals surface area (Å²) in [7, 11) is 0. The summed E-state index contributed by atoms with van der Waals surface area (Å²) in [6, 6.07) is 0.164. The zero-order valence-electron chi connectivity index (χ0n) is 11.7. The molecular weight excluding hydrogens is 248 g/mol. The van der Waals surface area contributed by atoms with Gasteiger partial charge in [-0.05, 0) is 20.8 Å². The smallest absolute Gasteiger partial charge is 0.239 e. The van der Waals surface area contributed by atoms with Gasteiger partial charge in [0.15, 0.2) is 0 Å². The highest BCUT2D eigenvalue weighted by Gasteiger charge is 2.16. The molecule has 0 aliphatic rings. The van der Waals surface area contributed by atoms with Crippen molar-refractivity contribution in [3.63, 3.8) is 0 Å². The van der Waals surface area contributed by atoms with Crippen LogP contribution in [0.5, 0.6) is 0 Å². The van der Waals surface area contributed by atoms with Crippen molar-refractivity contribution >= 4 is 22.4 Å². The first-order chi connectivity index (χ1) is 8.43. The normalized spacial score (nSPS) is 11.1. The van der Waals surface area contributed by atoms with Crippen LogP contribution >= 0.6 is 11.3 Å². The van der Waals surface area contributed by atoms with Gasteiger partial charge in [-0.15, -0.1) is 10.2 Å². The molecule has 5 nitrogen and oxygen atoms in total. The highest BCUT2D eigenvalue weighted by atomic mass is 32.1. The lowest BCUT2D eigenvalue weighted by Crippen LogP contribution is -2.40. The van der Waals surface area contributed by atoms with Crippen molar-refractivity contribution < 1.29 is 4.79 Å². The zero-order valence-corrected chi connectivity index (χ0v) is 12.5. The number of aromatic nitrogens is 2. The first-order valence-corrected chi connectivity index (χ1v) is 7.13. The number of rotatable bonds is 6. The Kier molecular flexibility index (Phi) is 5.53. The molecule has 0 bridgehead atoms. The summed E-state index contributed by atoms with van der Waals surface area (Å²) in [5.41, 5.74) is 0. The minimum absolute atomic E-state index is 0.0214. The molecule has 1 aromatic rings. The summed E-state index contributed by atoms with van der Waals surface area (Å²) >= 11 is 1.56. The number of carbonyl (C=O) groups is 1. The van der Waals surface area contributed by atoms with Gasteiger partial charge >= 0.3 is 0 Å². The first-order valence-electron chi connectivity index (χ1n) is 6.31. The third-order valence-corrected chi connectivity index (χ3v) is 3.64. The number of anilines is 1. The summed E-state index contributed by atoms with van der Waals surface area (Å²) < 4.78 is 0. The standard InChI is InChI=1S/C12H22N4OS/c1-6-16(7-10(17)13-9(4)5)12-15-14-11(18-12)8(2)3/h8-9H,6-7H2,1-5H3,(H,13,17). The zero-order chi connectivity index (χ0) is 13.7. The number of amides is 1.